The number of aromatic nitrogens is 3. The molecule has 0 aliphatic rings. The lowest BCUT2D eigenvalue weighted by atomic mass is 10.1. The van der Waals surface area contributed by atoms with Crippen LogP contribution in [-0.2, 0) is 11.3 Å². The number of amides is 1. The van der Waals surface area contributed by atoms with Gasteiger partial charge >= 0.3 is 0 Å². The minimum absolute atomic E-state index is 0.0586. The number of benzene rings is 2. The molecular formula is C22H16F4N4O. The van der Waals surface area contributed by atoms with Crippen LogP contribution in [-0.4, -0.2) is 20.7 Å². The molecule has 2 aromatic carbocycles. The predicted octanol–water partition coefficient (Wildman–Crippen LogP) is 5.26. The van der Waals surface area contributed by atoms with Crippen molar-refractivity contribution in [2.45, 2.75) is 19.9 Å². The fourth-order valence-corrected chi connectivity index (χ4v) is 3.34. The number of aryl methyl sites for hydroxylation is 1. The molecule has 2 aromatic heterocycles. The van der Waals surface area contributed by atoms with Gasteiger partial charge in [0.2, 0.25) is 5.91 Å². The monoisotopic (exact) mass is 428 g/mol. The fourth-order valence-electron chi connectivity index (χ4n) is 3.34. The average Bonchev–Trinajstić information content (AvgIpc) is 3.05. The molecule has 0 fully saturated rings. The molecule has 0 aliphatic heterocycles. The molecule has 9 heteroatoms. The molecule has 0 unspecified atom stereocenters. The van der Waals surface area contributed by atoms with Crippen LogP contribution in [0.25, 0.3) is 22.3 Å². The molecular weight excluding hydrogens is 412 g/mol. The second-order valence-electron chi connectivity index (χ2n) is 6.88. The van der Waals surface area contributed by atoms with Gasteiger partial charge in [-0.3, -0.25) is 4.79 Å². The van der Waals surface area contributed by atoms with Crippen molar-refractivity contribution < 1.29 is 22.4 Å². The standard InChI is InChI=1S/C22H16F4N4O/c1-12-20-15(21(25)26)10-18(13-5-3-2-4-6-13)28-22(20)30(29-12)11-19(31)27-14-7-8-16(23)17(24)9-14/h2-10,21H,11H2,1H3,(H,27,31). The smallest absolute Gasteiger partial charge is 0.264 e. The number of alkyl halides is 2. The van der Waals surface area contributed by atoms with E-state index >= 15 is 0 Å². The van der Waals surface area contributed by atoms with Gasteiger partial charge in [-0.25, -0.2) is 27.2 Å². The SMILES string of the molecule is Cc1nn(CC(=O)Nc2ccc(F)c(F)c2)c2nc(-c3ccccc3)cc(C(F)F)c12. The molecule has 0 atom stereocenters. The van der Waals surface area contributed by atoms with Crippen molar-refractivity contribution in [3.05, 3.63) is 77.5 Å². The zero-order chi connectivity index (χ0) is 22.1. The van der Waals surface area contributed by atoms with Crippen LogP contribution in [0.2, 0.25) is 0 Å². The van der Waals surface area contributed by atoms with Gasteiger partial charge < -0.3 is 5.32 Å². The number of halogens is 4. The van der Waals surface area contributed by atoms with E-state index in [0.29, 0.717) is 17.0 Å². The molecule has 5 nitrogen and oxygen atoms in total. The van der Waals surface area contributed by atoms with Crippen LogP contribution >= 0.6 is 0 Å². The molecule has 2 heterocycles. The van der Waals surface area contributed by atoms with E-state index in [1.165, 1.54) is 16.8 Å². The van der Waals surface area contributed by atoms with Gasteiger partial charge in [0.25, 0.3) is 6.43 Å². The summed E-state index contributed by atoms with van der Waals surface area (Å²) in [5, 5.41) is 6.82. The number of nitrogens with one attached hydrogen (secondary N) is 1. The van der Waals surface area contributed by atoms with Gasteiger partial charge in [-0.2, -0.15) is 5.10 Å². The van der Waals surface area contributed by atoms with Crippen LogP contribution in [0.4, 0.5) is 23.2 Å². The quantitative estimate of drug-likeness (QED) is 0.441. The molecule has 31 heavy (non-hydrogen) atoms. The summed E-state index contributed by atoms with van der Waals surface area (Å²) in [5.74, 6) is -2.74. The fraction of sp³-hybridized carbons (Fsp3) is 0.136. The Balaban J connectivity index is 1.73. The molecule has 1 amide bonds. The van der Waals surface area contributed by atoms with Crippen LogP contribution in [0.15, 0.2) is 54.6 Å². The highest BCUT2D eigenvalue weighted by molar-refractivity contribution is 5.92. The summed E-state index contributed by atoms with van der Waals surface area (Å²) in [7, 11) is 0. The number of pyridine rings is 1. The summed E-state index contributed by atoms with van der Waals surface area (Å²) in [6, 6.07) is 13.1. The van der Waals surface area contributed by atoms with E-state index in [0.717, 1.165) is 12.1 Å². The van der Waals surface area contributed by atoms with Crippen LogP contribution < -0.4 is 5.32 Å². The van der Waals surface area contributed by atoms with Gasteiger partial charge in [0.15, 0.2) is 17.3 Å². The Hall–Kier alpha value is -3.75. The molecule has 0 bridgehead atoms. The van der Waals surface area contributed by atoms with Crippen LogP contribution in [0.1, 0.15) is 17.7 Å². The topological polar surface area (TPSA) is 59.8 Å². The van der Waals surface area contributed by atoms with E-state index in [1.807, 2.05) is 0 Å². The maximum absolute atomic E-state index is 13.8. The molecule has 4 rings (SSSR count). The summed E-state index contributed by atoms with van der Waals surface area (Å²) in [4.78, 5) is 16.9. The number of hydrogen-bond acceptors (Lipinski definition) is 3. The predicted molar refractivity (Wildman–Crippen MR) is 108 cm³/mol. The zero-order valence-electron chi connectivity index (χ0n) is 16.2. The van der Waals surface area contributed by atoms with E-state index in [2.05, 4.69) is 15.4 Å². The van der Waals surface area contributed by atoms with E-state index in [9.17, 15) is 22.4 Å². The highest BCUT2D eigenvalue weighted by atomic mass is 19.3. The number of hydrogen-bond donors (Lipinski definition) is 1. The first kappa shape index (κ1) is 20.5. The summed E-state index contributed by atoms with van der Waals surface area (Å²) >= 11 is 0. The molecule has 0 radical (unpaired) electrons. The maximum Gasteiger partial charge on any atom is 0.264 e. The highest BCUT2D eigenvalue weighted by Crippen LogP contribution is 2.33. The minimum Gasteiger partial charge on any atom is -0.324 e. The summed E-state index contributed by atoms with van der Waals surface area (Å²) in [5.41, 5.74) is 1.23. The Morgan fingerprint density at radius 1 is 1.06 bits per heavy atom. The number of carbonyl (C=O) groups is 1. The van der Waals surface area contributed by atoms with Gasteiger partial charge in [0, 0.05) is 22.9 Å². The Labute approximate surface area is 174 Å². The average molecular weight is 428 g/mol. The number of anilines is 1. The Morgan fingerprint density at radius 2 is 1.81 bits per heavy atom. The van der Waals surface area contributed by atoms with Gasteiger partial charge in [0.05, 0.1) is 16.8 Å². The Kier molecular flexibility index (Phi) is 5.41. The van der Waals surface area contributed by atoms with E-state index in [-0.39, 0.29) is 28.8 Å². The summed E-state index contributed by atoms with van der Waals surface area (Å²) in [6.07, 6.45) is -2.76. The number of rotatable bonds is 5. The Bertz CT molecular complexity index is 1270. The molecule has 158 valence electrons. The maximum atomic E-state index is 13.8. The number of nitrogens with zero attached hydrogens (tertiary/aromatic N) is 3. The number of fused-ring (bicyclic) bond motifs is 1. The third-order valence-electron chi connectivity index (χ3n) is 4.71. The van der Waals surface area contributed by atoms with Crippen LogP contribution in [0.3, 0.4) is 0 Å². The van der Waals surface area contributed by atoms with Crippen molar-refractivity contribution in [3.8, 4) is 11.3 Å². The highest BCUT2D eigenvalue weighted by Gasteiger charge is 2.22. The molecule has 0 saturated heterocycles. The third-order valence-corrected chi connectivity index (χ3v) is 4.71. The lowest BCUT2D eigenvalue weighted by Crippen LogP contribution is -2.20. The van der Waals surface area contributed by atoms with Crippen molar-refractivity contribution >= 4 is 22.6 Å². The first-order valence-electron chi connectivity index (χ1n) is 9.30. The first-order valence-corrected chi connectivity index (χ1v) is 9.30. The van der Waals surface area contributed by atoms with Crippen molar-refractivity contribution in [1.82, 2.24) is 14.8 Å². The van der Waals surface area contributed by atoms with Crippen molar-refractivity contribution in [2.75, 3.05) is 5.32 Å². The van der Waals surface area contributed by atoms with Gasteiger partial charge in [0.1, 0.15) is 6.54 Å². The Morgan fingerprint density at radius 3 is 2.48 bits per heavy atom. The van der Waals surface area contributed by atoms with Gasteiger partial charge in [-0.05, 0) is 25.1 Å². The zero-order valence-corrected chi connectivity index (χ0v) is 16.2. The van der Waals surface area contributed by atoms with Gasteiger partial charge in [-0.1, -0.05) is 30.3 Å². The molecule has 0 spiro atoms. The van der Waals surface area contributed by atoms with Crippen LogP contribution in [0, 0.1) is 18.6 Å². The molecule has 0 aliphatic carbocycles. The molecule has 0 saturated carbocycles. The lowest BCUT2D eigenvalue weighted by molar-refractivity contribution is -0.116. The lowest BCUT2D eigenvalue weighted by Gasteiger charge is -2.09. The second-order valence-corrected chi connectivity index (χ2v) is 6.88. The minimum atomic E-state index is -2.76. The van der Waals surface area contributed by atoms with Crippen molar-refractivity contribution in [1.29, 1.82) is 0 Å². The van der Waals surface area contributed by atoms with Crippen molar-refractivity contribution in [3.63, 3.8) is 0 Å². The normalized spacial score (nSPS) is 11.3. The van der Waals surface area contributed by atoms with Gasteiger partial charge in [-0.15, -0.1) is 0 Å². The molecule has 4 aromatic rings. The van der Waals surface area contributed by atoms with Crippen molar-refractivity contribution in [2.24, 2.45) is 0 Å². The first-order chi connectivity index (χ1) is 14.8. The van der Waals surface area contributed by atoms with E-state index in [1.54, 1.807) is 37.3 Å². The summed E-state index contributed by atoms with van der Waals surface area (Å²) in [6.45, 7) is 1.21. The van der Waals surface area contributed by atoms with E-state index < -0.39 is 24.0 Å². The van der Waals surface area contributed by atoms with Crippen LogP contribution in [0.5, 0.6) is 0 Å². The molecule has 1 N–H and O–H groups in total. The summed E-state index contributed by atoms with van der Waals surface area (Å²) < 4.78 is 55.2. The third kappa shape index (κ3) is 4.11. The van der Waals surface area contributed by atoms with E-state index in [4.69, 9.17) is 0 Å². The second kappa shape index (κ2) is 8.17. The number of carbonyl (C=O) groups excluding carboxylic acids is 1. The largest absolute Gasteiger partial charge is 0.324 e.